The van der Waals surface area contributed by atoms with E-state index in [1.165, 1.54) is 0 Å². The number of carbonyl (C=O) groups excluding carboxylic acids is 1. The van der Waals surface area contributed by atoms with Crippen LogP contribution in [0.2, 0.25) is 0 Å². The van der Waals surface area contributed by atoms with Gasteiger partial charge in [0, 0.05) is 35.6 Å². The van der Waals surface area contributed by atoms with Crippen molar-refractivity contribution in [1.29, 1.82) is 0 Å². The van der Waals surface area contributed by atoms with E-state index >= 15 is 0 Å². The van der Waals surface area contributed by atoms with Gasteiger partial charge in [0.2, 0.25) is 0 Å². The SMILES string of the molecule is O=C(c1ccccc1Br)N1[C@H]2CC[C@H]1CC(Oc1cccnc1)C2. The molecule has 0 saturated carbocycles. The van der Waals surface area contributed by atoms with Gasteiger partial charge in [-0.3, -0.25) is 9.78 Å². The summed E-state index contributed by atoms with van der Waals surface area (Å²) in [5, 5.41) is 0. The van der Waals surface area contributed by atoms with E-state index in [2.05, 4.69) is 25.8 Å². The number of fused-ring (bicyclic) bond motifs is 2. The second-order valence-electron chi connectivity index (χ2n) is 6.48. The molecule has 2 aliphatic rings. The first-order valence-corrected chi connectivity index (χ1v) is 9.15. The fraction of sp³-hybridized carbons (Fsp3) is 0.368. The van der Waals surface area contributed by atoms with E-state index in [-0.39, 0.29) is 24.1 Å². The molecule has 124 valence electrons. The van der Waals surface area contributed by atoms with Gasteiger partial charge in [-0.1, -0.05) is 12.1 Å². The molecule has 0 spiro atoms. The van der Waals surface area contributed by atoms with Gasteiger partial charge in [-0.2, -0.15) is 0 Å². The summed E-state index contributed by atoms with van der Waals surface area (Å²) in [5.74, 6) is 0.947. The highest BCUT2D eigenvalue weighted by molar-refractivity contribution is 9.10. The lowest BCUT2D eigenvalue weighted by atomic mass is 9.98. The van der Waals surface area contributed by atoms with Crippen molar-refractivity contribution in [1.82, 2.24) is 9.88 Å². The van der Waals surface area contributed by atoms with Crippen LogP contribution in [-0.2, 0) is 0 Å². The van der Waals surface area contributed by atoms with Crippen LogP contribution in [0.5, 0.6) is 5.75 Å². The van der Waals surface area contributed by atoms with Crippen molar-refractivity contribution in [3.05, 3.63) is 58.8 Å². The Balaban J connectivity index is 1.49. The molecule has 1 aromatic heterocycles. The molecule has 2 aliphatic heterocycles. The molecule has 2 atom stereocenters. The lowest BCUT2D eigenvalue weighted by molar-refractivity contribution is 0.0357. The van der Waals surface area contributed by atoms with Gasteiger partial charge in [-0.25, -0.2) is 0 Å². The van der Waals surface area contributed by atoms with Crippen molar-refractivity contribution < 1.29 is 9.53 Å². The van der Waals surface area contributed by atoms with Gasteiger partial charge >= 0.3 is 0 Å². The minimum Gasteiger partial charge on any atom is -0.489 e. The number of benzene rings is 1. The Morgan fingerprint density at radius 3 is 2.54 bits per heavy atom. The molecule has 0 unspecified atom stereocenters. The molecule has 1 amide bonds. The van der Waals surface area contributed by atoms with Crippen LogP contribution in [0.15, 0.2) is 53.3 Å². The molecule has 4 nitrogen and oxygen atoms in total. The van der Waals surface area contributed by atoms with Gasteiger partial charge in [0.1, 0.15) is 11.9 Å². The molecule has 0 aliphatic carbocycles. The fourth-order valence-electron chi connectivity index (χ4n) is 3.94. The van der Waals surface area contributed by atoms with Gasteiger partial charge in [0.05, 0.1) is 11.8 Å². The molecule has 1 aromatic carbocycles. The zero-order valence-corrected chi connectivity index (χ0v) is 14.9. The Kier molecular flexibility index (Phi) is 4.27. The van der Waals surface area contributed by atoms with E-state index in [9.17, 15) is 4.79 Å². The molecule has 4 rings (SSSR count). The summed E-state index contributed by atoms with van der Waals surface area (Å²) in [7, 11) is 0. The number of rotatable bonds is 3. The normalized spacial score (nSPS) is 25.5. The lowest BCUT2D eigenvalue weighted by Crippen LogP contribution is -2.49. The van der Waals surface area contributed by atoms with Crippen LogP contribution in [0.3, 0.4) is 0 Å². The molecule has 2 saturated heterocycles. The molecule has 2 bridgehead atoms. The molecular weight excluding hydrogens is 368 g/mol. The third kappa shape index (κ3) is 2.93. The molecule has 5 heteroatoms. The summed E-state index contributed by atoms with van der Waals surface area (Å²) in [6.07, 6.45) is 7.57. The number of carbonyl (C=O) groups is 1. The van der Waals surface area contributed by atoms with Crippen LogP contribution in [0.1, 0.15) is 36.0 Å². The number of hydrogen-bond donors (Lipinski definition) is 0. The second kappa shape index (κ2) is 6.55. The Bertz CT molecular complexity index is 723. The van der Waals surface area contributed by atoms with Crippen molar-refractivity contribution in [3.63, 3.8) is 0 Å². The average Bonchev–Trinajstić information content (AvgIpc) is 2.86. The highest BCUT2D eigenvalue weighted by atomic mass is 79.9. The van der Waals surface area contributed by atoms with Crippen molar-refractivity contribution in [2.24, 2.45) is 0 Å². The first-order valence-electron chi connectivity index (χ1n) is 8.36. The van der Waals surface area contributed by atoms with E-state index in [0.717, 1.165) is 41.5 Å². The van der Waals surface area contributed by atoms with Gasteiger partial charge in [-0.15, -0.1) is 0 Å². The Hall–Kier alpha value is -1.88. The number of piperidine rings is 1. The van der Waals surface area contributed by atoms with Gasteiger partial charge < -0.3 is 9.64 Å². The number of nitrogens with zero attached hydrogens (tertiary/aromatic N) is 2. The summed E-state index contributed by atoms with van der Waals surface area (Å²) in [5.41, 5.74) is 0.751. The molecule has 2 aromatic rings. The quantitative estimate of drug-likeness (QED) is 0.798. The van der Waals surface area contributed by atoms with Crippen molar-refractivity contribution >= 4 is 21.8 Å². The Morgan fingerprint density at radius 1 is 1.12 bits per heavy atom. The largest absolute Gasteiger partial charge is 0.489 e. The summed E-state index contributed by atoms with van der Waals surface area (Å²) in [4.78, 5) is 19.2. The molecule has 0 N–H and O–H groups in total. The number of hydrogen-bond acceptors (Lipinski definition) is 3. The summed E-state index contributed by atoms with van der Waals surface area (Å²) < 4.78 is 6.95. The topological polar surface area (TPSA) is 42.4 Å². The van der Waals surface area contributed by atoms with Crippen LogP contribution in [-0.4, -0.2) is 34.0 Å². The zero-order chi connectivity index (χ0) is 16.5. The van der Waals surface area contributed by atoms with Crippen LogP contribution in [0.4, 0.5) is 0 Å². The predicted molar refractivity (Wildman–Crippen MR) is 95.0 cm³/mol. The fourth-order valence-corrected chi connectivity index (χ4v) is 4.39. The predicted octanol–water partition coefficient (Wildman–Crippen LogP) is 4.06. The van der Waals surface area contributed by atoms with Crippen LogP contribution < -0.4 is 4.74 Å². The molecular formula is C19H19BrN2O2. The first kappa shape index (κ1) is 15.6. The van der Waals surface area contributed by atoms with E-state index in [4.69, 9.17) is 4.74 Å². The van der Waals surface area contributed by atoms with E-state index < -0.39 is 0 Å². The molecule has 2 fully saturated rings. The number of halogens is 1. The minimum atomic E-state index is 0.134. The Morgan fingerprint density at radius 2 is 1.88 bits per heavy atom. The third-order valence-corrected chi connectivity index (χ3v) is 5.66. The molecule has 0 radical (unpaired) electrons. The van der Waals surface area contributed by atoms with Crippen molar-refractivity contribution in [2.75, 3.05) is 0 Å². The summed E-state index contributed by atoms with van der Waals surface area (Å²) in [6, 6.07) is 12.0. The number of amides is 1. The molecule has 24 heavy (non-hydrogen) atoms. The number of pyridine rings is 1. The number of aromatic nitrogens is 1. The van der Waals surface area contributed by atoms with Gasteiger partial charge in [-0.05, 0) is 53.0 Å². The van der Waals surface area contributed by atoms with Crippen molar-refractivity contribution in [2.45, 2.75) is 43.9 Å². The zero-order valence-electron chi connectivity index (χ0n) is 13.3. The van der Waals surface area contributed by atoms with Crippen LogP contribution in [0.25, 0.3) is 0 Å². The first-order chi connectivity index (χ1) is 11.7. The average molecular weight is 387 g/mol. The maximum atomic E-state index is 13.0. The van der Waals surface area contributed by atoms with Gasteiger partial charge in [0.15, 0.2) is 0 Å². The maximum Gasteiger partial charge on any atom is 0.255 e. The highest BCUT2D eigenvalue weighted by Crippen LogP contribution is 2.38. The standard InChI is InChI=1S/C19H19BrN2O2/c20-18-6-2-1-5-17(18)19(23)22-13-7-8-14(22)11-16(10-13)24-15-4-3-9-21-12-15/h1-6,9,12-14,16H,7-8,10-11H2/t13-,14-/m0/s1. The van der Waals surface area contributed by atoms with E-state index in [0.29, 0.717) is 0 Å². The highest BCUT2D eigenvalue weighted by Gasteiger charge is 2.44. The molecule has 3 heterocycles. The number of ether oxygens (including phenoxy) is 1. The Labute approximate surface area is 150 Å². The minimum absolute atomic E-state index is 0.134. The van der Waals surface area contributed by atoms with Crippen LogP contribution in [0, 0.1) is 0 Å². The van der Waals surface area contributed by atoms with E-state index in [1.807, 2.05) is 36.4 Å². The smallest absolute Gasteiger partial charge is 0.255 e. The van der Waals surface area contributed by atoms with Crippen molar-refractivity contribution in [3.8, 4) is 5.75 Å². The third-order valence-electron chi connectivity index (χ3n) is 4.97. The maximum absolute atomic E-state index is 13.0. The van der Waals surface area contributed by atoms with Gasteiger partial charge in [0.25, 0.3) is 5.91 Å². The summed E-state index contributed by atoms with van der Waals surface area (Å²) >= 11 is 3.50. The lowest BCUT2D eigenvalue weighted by Gasteiger charge is -2.39. The summed E-state index contributed by atoms with van der Waals surface area (Å²) in [6.45, 7) is 0. The van der Waals surface area contributed by atoms with Crippen LogP contribution >= 0.6 is 15.9 Å². The second-order valence-corrected chi connectivity index (χ2v) is 7.33. The van der Waals surface area contributed by atoms with E-state index in [1.54, 1.807) is 12.4 Å². The monoisotopic (exact) mass is 386 g/mol.